The lowest BCUT2D eigenvalue weighted by molar-refractivity contribution is 0.414. The Kier molecular flexibility index (Phi) is 1.56. The van der Waals surface area contributed by atoms with Crippen molar-refractivity contribution in [3.05, 3.63) is 17.5 Å². The molecule has 0 amide bonds. The summed E-state index contributed by atoms with van der Waals surface area (Å²) in [5.74, 6) is 0.524. The van der Waals surface area contributed by atoms with E-state index in [9.17, 15) is 0 Å². The second-order valence-corrected chi connectivity index (χ2v) is 2.51. The highest BCUT2D eigenvalue weighted by Crippen LogP contribution is 2.16. The number of hydrogen-bond acceptors (Lipinski definition) is 2. The van der Waals surface area contributed by atoms with Crippen molar-refractivity contribution in [2.45, 2.75) is 26.7 Å². The van der Waals surface area contributed by atoms with E-state index in [1.165, 1.54) is 5.56 Å². The molecule has 0 saturated heterocycles. The fourth-order valence-corrected chi connectivity index (χ4v) is 0.854. The summed E-state index contributed by atoms with van der Waals surface area (Å²) in [6, 6.07) is 0. The number of aromatic nitrogens is 1. The van der Waals surface area contributed by atoms with Crippen molar-refractivity contribution in [2.75, 3.05) is 0 Å². The van der Waals surface area contributed by atoms with Gasteiger partial charge >= 0.3 is 0 Å². The Balaban J connectivity index is 2.94. The second kappa shape index (κ2) is 2.21. The van der Waals surface area contributed by atoms with Crippen molar-refractivity contribution in [2.24, 2.45) is 0 Å². The van der Waals surface area contributed by atoms with Gasteiger partial charge < -0.3 is 4.52 Å². The lowest BCUT2D eigenvalue weighted by Crippen LogP contribution is -1.86. The van der Waals surface area contributed by atoms with E-state index in [2.05, 4.69) is 19.0 Å². The van der Waals surface area contributed by atoms with Crippen molar-refractivity contribution in [3.63, 3.8) is 0 Å². The average molecular weight is 125 g/mol. The van der Waals surface area contributed by atoms with Crippen molar-refractivity contribution in [1.29, 1.82) is 0 Å². The van der Waals surface area contributed by atoms with Crippen molar-refractivity contribution in [3.8, 4) is 0 Å². The van der Waals surface area contributed by atoms with Crippen LogP contribution in [0, 0.1) is 6.92 Å². The standard InChI is InChI=1S/C7H11NO/c1-5(2)7-4-9-8-6(7)3/h4-5H,1-3H3. The van der Waals surface area contributed by atoms with Crippen LogP contribution >= 0.6 is 0 Å². The van der Waals surface area contributed by atoms with Gasteiger partial charge in [0.15, 0.2) is 0 Å². The van der Waals surface area contributed by atoms with Crippen LogP contribution in [0.3, 0.4) is 0 Å². The van der Waals surface area contributed by atoms with Gasteiger partial charge in [0.2, 0.25) is 0 Å². The summed E-state index contributed by atoms with van der Waals surface area (Å²) in [6.07, 6.45) is 1.71. The molecule has 0 fully saturated rings. The fraction of sp³-hybridized carbons (Fsp3) is 0.571. The number of nitrogens with zero attached hydrogens (tertiary/aromatic N) is 1. The molecule has 0 aromatic carbocycles. The lowest BCUT2D eigenvalue weighted by atomic mass is 10.1. The smallest absolute Gasteiger partial charge is 0.127 e. The van der Waals surface area contributed by atoms with Gasteiger partial charge in [0.1, 0.15) is 6.26 Å². The highest BCUT2D eigenvalue weighted by molar-refractivity contribution is 5.16. The molecule has 0 aliphatic rings. The van der Waals surface area contributed by atoms with Gasteiger partial charge in [-0.1, -0.05) is 19.0 Å². The molecule has 0 atom stereocenters. The van der Waals surface area contributed by atoms with E-state index in [1.54, 1.807) is 6.26 Å². The highest BCUT2D eigenvalue weighted by atomic mass is 16.5. The summed E-state index contributed by atoms with van der Waals surface area (Å²) >= 11 is 0. The lowest BCUT2D eigenvalue weighted by Gasteiger charge is -1.97. The normalized spacial score (nSPS) is 10.7. The first-order valence-electron chi connectivity index (χ1n) is 3.12. The van der Waals surface area contributed by atoms with Gasteiger partial charge in [-0.15, -0.1) is 0 Å². The first kappa shape index (κ1) is 6.33. The van der Waals surface area contributed by atoms with Gasteiger partial charge in [0.05, 0.1) is 5.69 Å². The third-order valence-electron chi connectivity index (χ3n) is 1.41. The molecule has 0 radical (unpaired) electrons. The Morgan fingerprint density at radius 2 is 2.22 bits per heavy atom. The zero-order chi connectivity index (χ0) is 6.85. The van der Waals surface area contributed by atoms with E-state index in [-0.39, 0.29) is 0 Å². The summed E-state index contributed by atoms with van der Waals surface area (Å²) in [7, 11) is 0. The molecule has 0 unspecified atom stereocenters. The van der Waals surface area contributed by atoms with Crippen LogP contribution in [0.4, 0.5) is 0 Å². The Bertz CT molecular complexity index is 191. The molecule has 1 rings (SSSR count). The van der Waals surface area contributed by atoms with Crippen LogP contribution < -0.4 is 0 Å². The minimum Gasteiger partial charge on any atom is -0.364 e. The van der Waals surface area contributed by atoms with Gasteiger partial charge in [-0.2, -0.15) is 0 Å². The summed E-state index contributed by atoms with van der Waals surface area (Å²) in [6.45, 7) is 6.21. The Morgan fingerprint density at radius 3 is 2.44 bits per heavy atom. The molecule has 1 heterocycles. The molecule has 0 aliphatic carbocycles. The molecule has 2 heteroatoms. The molecule has 1 aromatic rings. The summed E-state index contributed by atoms with van der Waals surface area (Å²) in [4.78, 5) is 0. The number of aryl methyl sites for hydroxylation is 1. The quantitative estimate of drug-likeness (QED) is 0.574. The van der Waals surface area contributed by atoms with Gasteiger partial charge in [0, 0.05) is 5.56 Å². The van der Waals surface area contributed by atoms with Crippen molar-refractivity contribution < 1.29 is 4.52 Å². The zero-order valence-electron chi connectivity index (χ0n) is 6.01. The molecular formula is C7H11NO. The molecule has 50 valence electrons. The van der Waals surface area contributed by atoms with E-state index in [4.69, 9.17) is 4.52 Å². The molecule has 9 heavy (non-hydrogen) atoms. The Hall–Kier alpha value is -0.790. The van der Waals surface area contributed by atoms with E-state index in [1.807, 2.05) is 6.92 Å². The molecule has 2 nitrogen and oxygen atoms in total. The Morgan fingerprint density at radius 1 is 1.56 bits per heavy atom. The number of hydrogen-bond donors (Lipinski definition) is 0. The van der Waals surface area contributed by atoms with E-state index in [0.717, 1.165) is 5.69 Å². The molecule has 0 aliphatic heterocycles. The minimum atomic E-state index is 0.524. The summed E-state index contributed by atoms with van der Waals surface area (Å²) < 4.78 is 4.76. The van der Waals surface area contributed by atoms with E-state index < -0.39 is 0 Å². The van der Waals surface area contributed by atoms with Crippen LogP contribution in [0.1, 0.15) is 31.0 Å². The van der Waals surface area contributed by atoms with Gasteiger partial charge in [-0.05, 0) is 12.8 Å². The predicted molar refractivity (Wildman–Crippen MR) is 35.3 cm³/mol. The van der Waals surface area contributed by atoms with Crippen LogP contribution in [-0.4, -0.2) is 5.16 Å². The van der Waals surface area contributed by atoms with Gasteiger partial charge in [-0.3, -0.25) is 0 Å². The SMILES string of the molecule is Cc1nocc1C(C)C. The molecule has 0 saturated carbocycles. The molecule has 1 aromatic heterocycles. The monoisotopic (exact) mass is 125 g/mol. The zero-order valence-corrected chi connectivity index (χ0v) is 6.01. The molecule has 0 spiro atoms. The van der Waals surface area contributed by atoms with Gasteiger partial charge in [-0.25, -0.2) is 0 Å². The van der Waals surface area contributed by atoms with Crippen LogP contribution in [0.25, 0.3) is 0 Å². The summed E-state index contributed by atoms with van der Waals surface area (Å²) in [5.41, 5.74) is 2.21. The third kappa shape index (κ3) is 1.12. The molecule has 0 N–H and O–H groups in total. The van der Waals surface area contributed by atoms with Crippen LogP contribution in [-0.2, 0) is 0 Å². The van der Waals surface area contributed by atoms with Gasteiger partial charge in [0.25, 0.3) is 0 Å². The molecular weight excluding hydrogens is 114 g/mol. The minimum absolute atomic E-state index is 0.524. The first-order valence-corrected chi connectivity index (χ1v) is 3.12. The van der Waals surface area contributed by atoms with E-state index >= 15 is 0 Å². The number of rotatable bonds is 1. The first-order chi connectivity index (χ1) is 4.22. The average Bonchev–Trinajstić information content (AvgIpc) is 2.13. The van der Waals surface area contributed by atoms with Crippen molar-refractivity contribution >= 4 is 0 Å². The van der Waals surface area contributed by atoms with Crippen LogP contribution in [0.15, 0.2) is 10.8 Å². The van der Waals surface area contributed by atoms with Crippen molar-refractivity contribution in [1.82, 2.24) is 5.16 Å². The highest BCUT2D eigenvalue weighted by Gasteiger charge is 2.05. The topological polar surface area (TPSA) is 26.0 Å². The summed E-state index contributed by atoms with van der Waals surface area (Å²) in [5, 5.41) is 3.76. The van der Waals surface area contributed by atoms with Crippen LogP contribution in [0.2, 0.25) is 0 Å². The maximum absolute atomic E-state index is 4.76. The predicted octanol–water partition coefficient (Wildman–Crippen LogP) is 2.11. The fourth-order valence-electron chi connectivity index (χ4n) is 0.854. The third-order valence-corrected chi connectivity index (χ3v) is 1.41. The maximum atomic E-state index is 4.76. The molecule has 0 bridgehead atoms. The maximum Gasteiger partial charge on any atom is 0.127 e. The van der Waals surface area contributed by atoms with Crippen LogP contribution in [0.5, 0.6) is 0 Å². The largest absolute Gasteiger partial charge is 0.364 e. The van der Waals surface area contributed by atoms with E-state index in [0.29, 0.717) is 5.92 Å². The Labute approximate surface area is 54.9 Å². The second-order valence-electron chi connectivity index (χ2n) is 2.51.